The fourth-order valence-electron chi connectivity index (χ4n) is 5.11. The van der Waals surface area contributed by atoms with E-state index in [1.165, 1.54) is 11.1 Å². The second-order valence-electron chi connectivity index (χ2n) is 8.82. The molecule has 0 radical (unpaired) electrons. The molecule has 0 aromatic heterocycles. The molecular formula is C28H29N3O2. The van der Waals surface area contributed by atoms with E-state index in [1.54, 1.807) is 11.8 Å². The molecule has 33 heavy (non-hydrogen) atoms. The number of piperazine rings is 1. The maximum Gasteiger partial charge on any atom is 0.253 e. The van der Waals surface area contributed by atoms with Crippen molar-refractivity contribution in [2.24, 2.45) is 0 Å². The van der Waals surface area contributed by atoms with Crippen LogP contribution in [0.25, 0.3) is 0 Å². The fraction of sp³-hybridized carbons (Fsp3) is 0.286. The molecule has 2 amide bonds. The van der Waals surface area contributed by atoms with Crippen molar-refractivity contribution in [2.45, 2.75) is 19.4 Å². The molecule has 3 aromatic rings. The molecule has 1 saturated heterocycles. The summed E-state index contributed by atoms with van der Waals surface area (Å²) in [7, 11) is 0. The molecule has 0 atom stereocenters. The van der Waals surface area contributed by atoms with Crippen molar-refractivity contribution in [3.63, 3.8) is 0 Å². The molecule has 5 nitrogen and oxygen atoms in total. The van der Waals surface area contributed by atoms with Gasteiger partial charge in [0, 0.05) is 50.9 Å². The highest BCUT2D eigenvalue weighted by Gasteiger charge is 2.29. The van der Waals surface area contributed by atoms with Crippen LogP contribution in [0.4, 0.5) is 5.69 Å². The van der Waals surface area contributed by atoms with Crippen LogP contribution < -0.4 is 4.90 Å². The Bertz CT molecular complexity index is 1100. The lowest BCUT2D eigenvalue weighted by Crippen LogP contribution is -2.49. The Balaban J connectivity index is 1.30. The molecule has 0 bridgehead atoms. The van der Waals surface area contributed by atoms with Crippen LogP contribution in [0.2, 0.25) is 0 Å². The maximum atomic E-state index is 13.3. The molecular weight excluding hydrogens is 410 g/mol. The first-order valence-electron chi connectivity index (χ1n) is 11.7. The topological polar surface area (TPSA) is 43.9 Å². The first-order valence-corrected chi connectivity index (χ1v) is 11.7. The van der Waals surface area contributed by atoms with Gasteiger partial charge in [-0.25, -0.2) is 0 Å². The third-order valence-electron chi connectivity index (χ3n) is 6.80. The quantitative estimate of drug-likeness (QED) is 0.614. The van der Waals surface area contributed by atoms with Crippen LogP contribution in [0.1, 0.15) is 40.0 Å². The van der Waals surface area contributed by atoms with Gasteiger partial charge in [-0.2, -0.15) is 0 Å². The number of nitrogens with zero attached hydrogens (tertiary/aromatic N) is 3. The number of benzene rings is 3. The standard InChI is InChI=1S/C28H29N3O2/c1-21(32)31-15-14-24-20-25(12-13-26(24)31)28(33)30-18-16-29(17-19-30)27(22-8-4-2-5-9-22)23-10-6-3-7-11-23/h2-13,20,27H,14-19H2,1H3. The fourth-order valence-corrected chi connectivity index (χ4v) is 5.11. The number of hydrogen-bond acceptors (Lipinski definition) is 3. The Morgan fingerprint density at radius 3 is 1.94 bits per heavy atom. The van der Waals surface area contributed by atoms with Gasteiger partial charge in [0.1, 0.15) is 0 Å². The van der Waals surface area contributed by atoms with Crippen LogP contribution in [-0.2, 0) is 11.2 Å². The van der Waals surface area contributed by atoms with E-state index < -0.39 is 0 Å². The summed E-state index contributed by atoms with van der Waals surface area (Å²) in [4.78, 5) is 31.3. The van der Waals surface area contributed by atoms with Gasteiger partial charge >= 0.3 is 0 Å². The summed E-state index contributed by atoms with van der Waals surface area (Å²) in [6, 6.07) is 27.1. The molecule has 1 fully saturated rings. The molecule has 3 aromatic carbocycles. The van der Waals surface area contributed by atoms with Gasteiger partial charge < -0.3 is 9.80 Å². The van der Waals surface area contributed by atoms with Gasteiger partial charge in [0.25, 0.3) is 5.91 Å². The molecule has 0 saturated carbocycles. The minimum Gasteiger partial charge on any atom is -0.336 e. The van der Waals surface area contributed by atoms with Crippen LogP contribution >= 0.6 is 0 Å². The Morgan fingerprint density at radius 1 is 0.758 bits per heavy atom. The third kappa shape index (κ3) is 4.29. The largest absolute Gasteiger partial charge is 0.336 e. The van der Waals surface area contributed by atoms with E-state index in [0.29, 0.717) is 19.6 Å². The highest BCUT2D eigenvalue weighted by Crippen LogP contribution is 2.31. The van der Waals surface area contributed by atoms with Crippen molar-refractivity contribution in [3.8, 4) is 0 Å². The van der Waals surface area contributed by atoms with Crippen molar-refractivity contribution < 1.29 is 9.59 Å². The van der Waals surface area contributed by atoms with E-state index in [1.807, 2.05) is 23.1 Å². The predicted molar refractivity (Wildman–Crippen MR) is 130 cm³/mol. The number of carbonyl (C=O) groups is 2. The van der Waals surface area contributed by atoms with Crippen molar-refractivity contribution in [3.05, 3.63) is 101 Å². The Kier molecular flexibility index (Phi) is 5.97. The summed E-state index contributed by atoms with van der Waals surface area (Å²) < 4.78 is 0. The number of fused-ring (bicyclic) bond motifs is 1. The van der Waals surface area contributed by atoms with Gasteiger partial charge in [0.15, 0.2) is 0 Å². The third-order valence-corrected chi connectivity index (χ3v) is 6.80. The van der Waals surface area contributed by atoms with Gasteiger partial charge in [-0.3, -0.25) is 14.5 Å². The van der Waals surface area contributed by atoms with E-state index in [4.69, 9.17) is 0 Å². The van der Waals surface area contributed by atoms with Crippen molar-refractivity contribution in [1.82, 2.24) is 9.80 Å². The summed E-state index contributed by atoms with van der Waals surface area (Å²) in [6.45, 7) is 5.33. The SMILES string of the molecule is CC(=O)N1CCc2cc(C(=O)N3CCN(C(c4ccccc4)c4ccccc4)CC3)ccc21. The van der Waals surface area contributed by atoms with Crippen molar-refractivity contribution in [1.29, 1.82) is 0 Å². The number of amides is 2. The Hall–Kier alpha value is -3.44. The van der Waals surface area contributed by atoms with Gasteiger partial charge in [0.05, 0.1) is 6.04 Å². The molecule has 0 aliphatic carbocycles. The summed E-state index contributed by atoms with van der Waals surface area (Å²) >= 11 is 0. The predicted octanol–water partition coefficient (Wildman–Crippen LogP) is 4.14. The minimum atomic E-state index is 0.0512. The zero-order valence-corrected chi connectivity index (χ0v) is 19.0. The van der Waals surface area contributed by atoms with E-state index in [-0.39, 0.29) is 17.9 Å². The minimum absolute atomic E-state index is 0.0512. The van der Waals surface area contributed by atoms with Gasteiger partial charge in [-0.1, -0.05) is 60.7 Å². The Morgan fingerprint density at radius 2 is 1.36 bits per heavy atom. The Labute approximate surface area is 195 Å². The molecule has 5 heteroatoms. The smallest absolute Gasteiger partial charge is 0.253 e. The number of hydrogen-bond donors (Lipinski definition) is 0. The average molecular weight is 440 g/mol. The summed E-state index contributed by atoms with van der Waals surface area (Å²) in [5.74, 6) is 0.130. The van der Waals surface area contributed by atoms with Crippen LogP contribution in [0, 0.1) is 0 Å². The van der Waals surface area contributed by atoms with Crippen molar-refractivity contribution >= 4 is 17.5 Å². The summed E-state index contributed by atoms with van der Waals surface area (Å²) in [6.07, 6.45) is 0.805. The monoisotopic (exact) mass is 439 g/mol. The lowest BCUT2D eigenvalue weighted by molar-refractivity contribution is -0.116. The molecule has 5 rings (SSSR count). The first-order chi connectivity index (χ1) is 16.1. The number of rotatable bonds is 4. The highest BCUT2D eigenvalue weighted by atomic mass is 16.2. The van der Waals surface area contributed by atoms with Gasteiger partial charge in [0.2, 0.25) is 5.91 Å². The molecule has 2 aliphatic heterocycles. The summed E-state index contributed by atoms with van der Waals surface area (Å²) in [5.41, 5.74) is 5.30. The second kappa shape index (κ2) is 9.20. The van der Waals surface area contributed by atoms with Crippen LogP contribution in [0.3, 0.4) is 0 Å². The normalized spacial score (nSPS) is 16.2. The van der Waals surface area contributed by atoms with E-state index in [2.05, 4.69) is 65.6 Å². The number of anilines is 1. The van der Waals surface area contributed by atoms with Crippen LogP contribution in [0.5, 0.6) is 0 Å². The van der Waals surface area contributed by atoms with Gasteiger partial charge in [-0.05, 0) is 41.3 Å². The molecule has 2 aliphatic rings. The van der Waals surface area contributed by atoms with E-state index >= 15 is 0 Å². The summed E-state index contributed by atoms with van der Waals surface area (Å²) in [5, 5.41) is 0. The first kappa shape index (κ1) is 21.4. The van der Waals surface area contributed by atoms with E-state index in [9.17, 15) is 9.59 Å². The zero-order chi connectivity index (χ0) is 22.8. The molecule has 168 valence electrons. The molecule has 0 unspecified atom stereocenters. The average Bonchev–Trinajstić information content (AvgIpc) is 3.29. The molecule has 2 heterocycles. The molecule has 0 N–H and O–H groups in total. The van der Waals surface area contributed by atoms with Crippen LogP contribution in [-0.4, -0.2) is 54.3 Å². The second-order valence-corrected chi connectivity index (χ2v) is 8.82. The number of carbonyl (C=O) groups excluding carboxylic acids is 2. The lowest BCUT2D eigenvalue weighted by atomic mass is 9.96. The highest BCUT2D eigenvalue weighted by molar-refractivity contribution is 5.98. The van der Waals surface area contributed by atoms with Crippen molar-refractivity contribution in [2.75, 3.05) is 37.6 Å². The lowest BCUT2D eigenvalue weighted by Gasteiger charge is -2.40. The van der Waals surface area contributed by atoms with Gasteiger partial charge in [-0.15, -0.1) is 0 Å². The maximum absolute atomic E-state index is 13.3. The zero-order valence-electron chi connectivity index (χ0n) is 19.0. The van der Waals surface area contributed by atoms with E-state index in [0.717, 1.165) is 36.3 Å². The van der Waals surface area contributed by atoms with Crippen LogP contribution in [0.15, 0.2) is 78.9 Å². The molecule has 0 spiro atoms.